The Kier molecular flexibility index (Phi) is 4.24. The van der Waals surface area contributed by atoms with Gasteiger partial charge < -0.3 is 4.90 Å². The van der Waals surface area contributed by atoms with Gasteiger partial charge in [-0.3, -0.25) is 0 Å². The Morgan fingerprint density at radius 1 is 1.53 bits per heavy atom. The number of thiophene rings is 1. The molecule has 0 bridgehead atoms. The standard InChI is InChI=1S/C11H15N3O2S3/c1-8(5-9-3-4-17-7-9)14(2)11-13-6-10(18-11)19(12,15)16/h3-4,6-8H,5H2,1-2H3,(H2,12,15,16)/t8-/m1/s1. The highest BCUT2D eigenvalue weighted by Crippen LogP contribution is 2.26. The highest BCUT2D eigenvalue weighted by atomic mass is 32.2. The molecular formula is C11H15N3O2S3. The SMILES string of the molecule is C[C@H](Cc1ccsc1)N(C)c1ncc(S(N)(=O)=O)s1. The highest BCUT2D eigenvalue weighted by molar-refractivity contribution is 7.91. The van der Waals surface area contributed by atoms with E-state index in [1.54, 1.807) is 11.3 Å². The topological polar surface area (TPSA) is 76.3 Å². The first kappa shape index (κ1) is 14.4. The number of anilines is 1. The lowest BCUT2D eigenvalue weighted by Gasteiger charge is -2.23. The first-order valence-corrected chi connectivity index (χ1v) is 8.91. The summed E-state index contributed by atoms with van der Waals surface area (Å²) in [4.78, 5) is 6.09. The number of hydrogen-bond donors (Lipinski definition) is 1. The van der Waals surface area contributed by atoms with Gasteiger partial charge in [0, 0.05) is 13.1 Å². The van der Waals surface area contributed by atoms with Gasteiger partial charge in [0.1, 0.15) is 0 Å². The molecule has 2 aromatic rings. The Bertz CT molecular complexity index is 634. The van der Waals surface area contributed by atoms with Crippen molar-refractivity contribution in [3.63, 3.8) is 0 Å². The molecular weight excluding hydrogens is 302 g/mol. The van der Waals surface area contributed by atoms with Gasteiger partial charge in [0.15, 0.2) is 9.34 Å². The van der Waals surface area contributed by atoms with E-state index in [2.05, 4.69) is 23.4 Å². The van der Waals surface area contributed by atoms with Crippen LogP contribution in [0.4, 0.5) is 5.13 Å². The van der Waals surface area contributed by atoms with Gasteiger partial charge in [0.05, 0.1) is 6.20 Å². The Labute approximate surface area is 120 Å². The fourth-order valence-electron chi connectivity index (χ4n) is 1.62. The fraction of sp³-hybridized carbons (Fsp3) is 0.364. The number of hydrogen-bond acceptors (Lipinski definition) is 6. The summed E-state index contributed by atoms with van der Waals surface area (Å²) in [6.45, 7) is 2.08. The third-order valence-electron chi connectivity index (χ3n) is 2.83. The van der Waals surface area contributed by atoms with E-state index in [0.29, 0.717) is 5.13 Å². The lowest BCUT2D eigenvalue weighted by molar-refractivity contribution is 0.599. The molecule has 0 saturated heterocycles. The van der Waals surface area contributed by atoms with Crippen LogP contribution < -0.4 is 10.0 Å². The van der Waals surface area contributed by atoms with Gasteiger partial charge in [0.25, 0.3) is 0 Å². The number of primary sulfonamides is 1. The zero-order valence-electron chi connectivity index (χ0n) is 10.6. The molecule has 2 aromatic heterocycles. The summed E-state index contributed by atoms with van der Waals surface area (Å²) in [6.07, 6.45) is 2.20. The molecule has 19 heavy (non-hydrogen) atoms. The van der Waals surface area contributed by atoms with Crippen LogP contribution in [0.15, 0.2) is 27.2 Å². The van der Waals surface area contributed by atoms with Crippen molar-refractivity contribution in [3.8, 4) is 0 Å². The van der Waals surface area contributed by atoms with Crippen molar-refractivity contribution in [1.29, 1.82) is 0 Å². The zero-order chi connectivity index (χ0) is 14.0. The summed E-state index contributed by atoms with van der Waals surface area (Å²) < 4.78 is 22.5. The number of nitrogens with two attached hydrogens (primary N) is 1. The average Bonchev–Trinajstić information content (AvgIpc) is 2.97. The average molecular weight is 317 g/mol. The van der Waals surface area contributed by atoms with Crippen molar-refractivity contribution < 1.29 is 8.42 Å². The van der Waals surface area contributed by atoms with Gasteiger partial charge in [-0.25, -0.2) is 18.5 Å². The molecule has 0 amide bonds. The molecule has 0 aliphatic carbocycles. The van der Waals surface area contributed by atoms with Crippen LogP contribution in [-0.4, -0.2) is 26.5 Å². The summed E-state index contributed by atoms with van der Waals surface area (Å²) in [5.74, 6) is 0. The van der Waals surface area contributed by atoms with Gasteiger partial charge in [-0.1, -0.05) is 11.3 Å². The molecule has 1 atom stereocenters. The second-order valence-corrected chi connectivity index (χ2v) is 7.88. The van der Waals surface area contributed by atoms with Crippen LogP contribution in [0.5, 0.6) is 0 Å². The Morgan fingerprint density at radius 2 is 2.26 bits per heavy atom. The predicted octanol–water partition coefficient (Wildman–Crippen LogP) is 1.92. The molecule has 0 aromatic carbocycles. The molecule has 2 N–H and O–H groups in total. The summed E-state index contributed by atoms with van der Waals surface area (Å²) in [5, 5.41) is 9.90. The number of rotatable bonds is 5. The molecule has 8 heteroatoms. The minimum atomic E-state index is -3.66. The van der Waals surface area contributed by atoms with E-state index in [1.165, 1.54) is 11.8 Å². The molecule has 104 valence electrons. The Hall–Kier alpha value is -0.960. The van der Waals surface area contributed by atoms with Crippen LogP contribution in [-0.2, 0) is 16.4 Å². The van der Waals surface area contributed by atoms with Crippen molar-refractivity contribution in [2.75, 3.05) is 11.9 Å². The van der Waals surface area contributed by atoms with Crippen LogP contribution >= 0.6 is 22.7 Å². The fourth-order valence-corrected chi connectivity index (χ4v) is 3.90. The number of nitrogens with zero attached hydrogens (tertiary/aromatic N) is 2. The molecule has 0 aliphatic heterocycles. The van der Waals surface area contributed by atoms with E-state index in [9.17, 15) is 8.42 Å². The van der Waals surface area contributed by atoms with Crippen molar-refractivity contribution in [2.24, 2.45) is 5.14 Å². The Balaban J connectivity index is 2.11. The first-order chi connectivity index (χ1) is 8.88. The molecule has 5 nitrogen and oxygen atoms in total. The minimum absolute atomic E-state index is 0.0945. The minimum Gasteiger partial charge on any atom is -0.348 e. The number of thiazole rings is 1. The normalized spacial score (nSPS) is 13.4. The number of likely N-dealkylation sites (N-methyl/N-ethyl adjacent to an activating group) is 1. The smallest absolute Gasteiger partial charge is 0.249 e. The number of sulfonamides is 1. The summed E-state index contributed by atoms with van der Waals surface area (Å²) in [6, 6.07) is 2.32. The maximum atomic E-state index is 11.2. The maximum absolute atomic E-state index is 11.2. The van der Waals surface area contributed by atoms with Crippen molar-refractivity contribution >= 4 is 37.8 Å². The van der Waals surface area contributed by atoms with Crippen LogP contribution in [0.25, 0.3) is 0 Å². The van der Waals surface area contributed by atoms with Crippen molar-refractivity contribution in [2.45, 2.75) is 23.6 Å². The van der Waals surface area contributed by atoms with Crippen molar-refractivity contribution in [1.82, 2.24) is 4.98 Å². The number of aromatic nitrogens is 1. The van der Waals surface area contributed by atoms with Gasteiger partial charge in [-0.05, 0) is 35.7 Å². The summed E-state index contributed by atoms with van der Waals surface area (Å²) in [7, 11) is -1.75. The van der Waals surface area contributed by atoms with E-state index in [-0.39, 0.29) is 10.3 Å². The summed E-state index contributed by atoms with van der Waals surface area (Å²) >= 11 is 2.76. The van der Waals surface area contributed by atoms with Crippen LogP contribution in [0.3, 0.4) is 0 Å². The maximum Gasteiger partial charge on any atom is 0.249 e. The third kappa shape index (κ3) is 3.53. The van der Waals surface area contributed by atoms with Crippen LogP contribution in [0.2, 0.25) is 0 Å². The zero-order valence-corrected chi connectivity index (χ0v) is 13.1. The van der Waals surface area contributed by atoms with Crippen molar-refractivity contribution in [3.05, 3.63) is 28.6 Å². The second-order valence-electron chi connectivity index (χ2n) is 4.30. The van der Waals surface area contributed by atoms with E-state index in [1.807, 2.05) is 17.3 Å². The third-order valence-corrected chi connectivity index (χ3v) is 6.05. The van der Waals surface area contributed by atoms with Gasteiger partial charge >= 0.3 is 0 Å². The van der Waals surface area contributed by atoms with E-state index in [0.717, 1.165) is 17.8 Å². The van der Waals surface area contributed by atoms with Gasteiger partial charge in [-0.15, -0.1) is 0 Å². The molecule has 0 aliphatic rings. The molecule has 0 fully saturated rings. The molecule has 2 rings (SSSR count). The lowest BCUT2D eigenvalue weighted by Crippen LogP contribution is -2.30. The molecule has 0 unspecified atom stereocenters. The molecule has 0 saturated carbocycles. The van der Waals surface area contributed by atoms with Crippen LogP contribution in [0.1, 0.15) is 12.5 Å². The lowest BCUT2D eigenvalue weighted by atomic mass is 10.1. The largest absolute Gasteiger partial charge is 0.348 e. The molecule has 0 radical (unpaired) electrons. The molecule has 2 heterocycles. The van der Waals surface area contributed by atoms with Crippen LogP contribution in [0, 0.1) is 0 Å². The highest BCUT2D eigenvalue weighted by Gasteiger charge is 2.18. The predicted molar refractivity (Wildman–Crippen MR) is 79.4 cm³/mol. The first-order valence-electron chi connectivity index (χ1n) is 5.60. The van der Waals surface area contributed by atoms with Gasteiger partial charge in [-0.2, -0.15) is 11.3 Å². The summed E-state index contributed by atoms with van der Waals surface area (Å²) in [5.41, 5.74) is 1.27. The van der Waals surface area contributed by atoms with E-state index >= 15 is 0 Å². The second kappa shape index (κ2) is 5.58. The van der Waals surface area contributed by atoms with E-state index in [4.69, 9.17) is 5.14 Å². The molecule has 0 spiro atoms. The quantitative estimate of drug-likeness (QED) is 0.914. The van der Waals surface area contributed by atoms with E-state index < -0.39 is 10.0 Å². The van der Waals surface area contributed by atoms with Gasteiger partial charge in [0.2, 0.25) is 10.0 Å². The Morgan fingerprint density at radius 3 is 2.79 bits per heavy atom. The monoisotopic (exact) mass is 317 g/mol.